The van der Waals surface area contributed by atoms with E-state index in [2.05, 4.69) is 29.0 Å². The number of piperidine rings is 1. The van der Waals surface area contributed by atoms with Gasteiger partial charge in [-0.25, -0.2) is 0 Å². The van der Waals surface area contributed by atoms with Gasteiger partial charge in [0.2, 0.25) is 0 Å². The molecule has 18 heavy (non-hydrogen) atoms. The summed E-state index contributed by atoms with van der Waals surface area (Å²) in [5.74, 6) is 0.823. The number of rotatable bonds is 5. The quantitative estimate of drug-likeness (QED) is 0.780. The molecule has 4 heteroatoms. The topological polar surface area (TPSA) is 27.7 Å². The molecule has 2 aliphatic heterocycles. The molecule has 0 aromatic carbocycles. The number of ether oxygens (including phenoxy) is 1. The Kier molecular flexibility index (Phi) is 5.89. The lowest BCUT2D eigenvalue weighted by molar-refractivity contribution is -0.00811. The number of nitrogens with one attached hydrogen (secondary N) is 1. The molecule has 106 valence electrons. The molecule has 1 N–H and O–H groups in total. The van der Waals surface area contributed by atoms with Crippen molar-refractivity contribution in [2.75, 3.05) is 59.0 Å². The summed E-state index contributed by atoms with van der Waals surface area (Å²) >= 11 is 0. The zero-order valence-electron chi connectivity index (χ0n) is 12.0. The standard InChI is InChI=1S/C14H29N3O/c1-3-16(4-2)12-13-5-6-15-11-14(13)17-7-9-18-10-8-17/h13-15H,3-12H2,1-2H3. The summed E-state index contributed by atoms with van der Waals surface area (Å²) in [6.07, 6.45) is 1.32. The van der Waals surface area contributed by atoms with Gasteiger partial charge in [0.05, 0.1) is 13.2 Å². The Labute approximate surface area is 112 Å². The molecule has 0 spiro atoms. The van der Waals surface area contributed by atoms with Crippen LogP contribution in [0.1, 0.15) is 20.3 Å². The van der Waals surface area contributed by atoms with E-state index in [1.165, 1.54) is 32.6 Å². The molecule has 0 saturated carbocycles. The fourth-order valence-electron chi connectivity index (χ4n) is 3.26. The first-order valence-electron chi connectivity index (χ1n) is 7.60. The van der Waals surface area contributed by atoms with Crippen molar-refractivity contribution in [3.8, 4) is 0 Å². The molecule has 2 unspecified atom stereocenters. The van der Waals surface area contributed by atoms with Gasteiger partial charge in [-0.05, 0) is 32.0 Å². The first-order chi connectivity index (χ1) is 8.85. The van der Waals surface area contributed by atoms with E-state index < -0.39 is 0 Å². The molecule has 0 radical (unpaired) electrons. The normalized spacial score (nSPS) is 30.8. The Morgan fingerprint density at radius 1 is 1.22 bits per heavy atom. The maximum Gasteiger partial charge on any atom is 0.0594 e. The zero-order valence-corrected chi connectivity index (χ0v) is 12.0. The molecule has 0 aromatic rings. The van der Waals surface area contributed by atoms with Crippen LogP contribution in [0.4, 0.5) is 0 Å². The number of morpholine rings is 1. The minimum atomic E-state index is 0.711. The van der Waals surface area contributed by atoms with E-state index in [9.17, 15) is 0 Å². The van der Waals surface area contributed by atoms with Crippen molar-refractivity contribution in [2.45, 2.75) is 26.3 Å². The lowest BCUT2D eigenvalue weighted by Crippen LogP contribution is -2.56. The van der Waals surface area contributed by atoms with Crippen LogP contribution in [0.2, 0.25) is 0 Å². The van der Waals surface area contributed by atoms with Gasteiger partial charge in [0.15, 0.2) is 0 Å². The van der Waals surface area contributed by atoms with E-state index >= 15 is 0 Å². The zero-order chi connectivity index (χ0) is 12.8. The maximum absolute atomic E-state index is 5.48. The van der Waals surface area contributed by atoms with E-state index in [1.807, 2.05) is 0 Å². The van der Waals surface area contributed by atoms with Gasteiger partial charge < -0.3 is 15.0 Å². The van der Waals surface area contributed by atoms with Crippen molar-refractivity contribution in [2.24, 2.45) is 5.92 Å². The number of nitrogens with zero attached hydrogens (tertiary/aromatic N) is 2. The minimum absolute atomic E-state index is 0.711. The molecule has 0 aliphatic carbocycles. The number of hydrogen-bond acceptors (Lipinski definition) is 4. The third kappa shape index (κ3) is 3.67. The Morgan fingerprint density at radius 3 is 2.61 bits per heavy atom. The summed E-state index contributed by atoms with van der Waals surface area (Å²) in [7, 11) is 0. The Balaban J connectivity index is 1.91. The first-order valence-corrected chi connectivity index (χ1v) is 7.60. The van der Waals surface area contributed by atoms with Crippen LogP contribution in [-0.2, 0) is 4.74 Å². The van der Waals surface area contributed by atoms with Crippen LogP contribution in [0.25, 0.3) is 0 Å². The van der Waals surface area contributed by atoms with Crippen LogP contribution in [0.15, 0.2) is 0 Å². The highest BCUT2D eigenvalue weighted by molar-refractivity contribution is 4.88. The molecule has 0 bridgehead atoms. The molecule has 2 saturated heterocycles. The third-order valence-electron chi connectivity index (χ3n) is 4.49. The van der Waals surface area contributed by atoms with Gasteiger partial charge in [0.25, 0.3) is 0 Å². The van der Waals surface area contributed by atoms with Crippen LogP contribution in [-0.4, -0.2) is 74.9 Å². The van der Waals surface area contributed by atoms with E-state index in [-0.39, 0.29) is 0 Å². The van der Waals surface area contributed by atoms with Crippen molar-refractivity contribution < 1.29 is 4.74 Å². The van der Waals surface area contributed by atoms with Crippen molar-refractivity contribution in [1.82, 2.24) is 15.1 Å². The predicted molar refractivity (Wildman–Crippen MR) is 74.9 cm³/mol. The minimum Gasteiger partial charge on any atom is -0.379 e. The lowest BCUT2D eigenvalue weighted by Gasteiger charge is -2.43. The molecule has 2 fully saturated rings. The summed E-state index contributed by atoms with van der Waals surface area (Å²) in [4.78, 5) is 5.22. The average Bonchev–Trinajstić information content (AvgIpc) is 2.46. The third-order valence-corrected chi connectivity index (χ3v) is 4.49. The van der Waals surface area contributed by atoms with E-state index in [1.54, 1.807) is 0 Å². The van der Waals surface area contributed by atoms with E-state index in [0.717, 1.165) is 38.8 Å². The molecule has 0 aromatic heterocycles. The fraction of sp³-hybridized carbons (Fsp3) is 1.00. The molecular formula is C14H29N3O. The van der Waals surface area contributed by atoms with Gasteiger partial charge in [-0.2, -0.15) is 0 Å². The van der Waals surface area contributed by atoms with Gasteiger partial charge in [-0.3, -0.25) is 4.90 Å². The highest BCUT2D eigenvalue weighted by atomic mass is 16.5. The van der Waals surface area contributed by atoms with Crippen molar-refractivity contribution in [3.63, 3.8) is 0 Å². The Bertz CT molecular complexity index is 227. The summed E-state index contributed by atoms with van der Waals surface area (Å²) in [6.45, 7) is 14.6. The van der Waals surface area contributed by atoms with Crippen LogP contribution in [0.3, 0.4) is 0 Å². The molecule has 0 amide bonds. The summed E-state index contributed by atoms with van der Waals surface area (Å²) in [5, 5.41) is 3.57. The second kappa shape index (κ2) is 7.43. The van der Waals surface area contributed by atoms with Crippen LogP contribution in [0, 0.1) is 5.92 Å². The van der Waals surface area contributed by atoms with Gasteiger partial charge in [-0.15, -0.1) is 0 Å². The van der Waals surface area contributed by atoms with Crippen molar-refractivity contribution >= 4 is 0 Å². The maximum atomic E-state index is 5.48. The molecule has 4 nitrogen and oxygen atoms in total. The smallest absolute Gasteiger partial charge is 0.0594 e. The highest BCUT2D eigenvalue weighted by Gasteiger charge is 2.31. The van der Waals surface area contributed by atoms with Gasteiger partial charge >= 0.3 is 0 Å². The summed E-state index contributed by atoms with van der Waals surface area (Å²) < 4.78 is 5.48. The summed E-state index contributed by atoms with van der Waals surface area (Å²) in [5.41, 5.74) is 0. The largest absolute Gasteiger partial charge is 0.379 e. The molecule has 2 rings (SSSR count). The number of hydrogen-bond donors (Lipinski definition) is 1. The molecule has 2 atom stereocenters. The summed E-state index contributed by atoms with van der Waals surface area (Å²) in [6, 6.07) is 0.711. The molecule has 2 aliphatic rings. The van der Waals surface area contributed by atoms with Gasteiger partial charge in [0.1, 0.15) is 0 Å². The monoisotopic (exact) mass is 255 g/mol. The predicted octanol–water partition coefficient (Wildman–Crippen LogP) is 0.639. The lowest BCUT2D eigenvalue weighted by atomic mass is 9.90. The van der Waals surface area contributed by atoms with Crippen molar-refractivity contribution in [3.05, 3.63) is 0 Å². The molecule has 2 heterocycles. The first kappa shape index (κ1) is 14.3. The fourth-order valence-corrected chi connectivity index (χ4v) is 3.26. The Hall–Kier alpha value is -0.160. The van der Waals surface area contributed by atoms with Crippen LogP contribution in [0.5, 0.6) is 0 Å². The average molecular weight is 255 g/mol. The second-order valence-corrected chi connectivity index (χ2v) is 5.45. The molecular weight excluding hydrogens is 226 g/mol. The van der Waals surface area contributed by atoms with Crippen LogP contribution >= 0.6 is 0 Å². The van der Waals surface area contributed by atoms with Crippen LogP contribution < -0.4 is 5.32 Å². The highest BCUT2D eigenvalue weighted by Crippen LogP contribution is 2.20. The van der Waals surface area contributed by atoms with Gasteiger partial charge in [-0.1, -0.05) is 13.8 Å². The Morgan fingerprint density at radius 2 is 1.94 bits per heavy atom. The van der Waals surface area contributed by atoms with Gasteiger partial charge in [0, 0.05) is 32.2 Å². The van der Waals surface area contributed by atoms with E-state index in [4.69, 9.17) is 4.74 Å². The van der Waals surface area contributed by atoms with E-state index in [0.29, 0.717) is 6.04 Å². The van der Waals surface area contributed by atoms with Crippen molar-refractivity contribution in [1.29, 1.82) is 0 Å². The SMILES string of the molecule is CCN(CC)CC1CCNCC1N1CCOCC1. The second-order valence-electron chi connectivity index (χ2n) is 5.45.